The van der Waals surface area contributed by atoms with Crippen molar-refractivity contribution in [2.45, 2.75) is 229 Å². The molecule has 3 aliphatic heterocycles. The highest BCUT2D eigenvalue weighted by Gasteiger charge is 2.49. The number of carbonyl (C=O) groups is 13. The number of nitrogens with zero attached hydrogens (tertiary/aromatic N) is 3. The Hall–Kier alpha value is -6.98. The smallest absolute Gasteiger partial charge is 0.480 e. The summed E-state index contributed by atoms with van der Waals surface area (Å²) >= 11 is 0. The van der Waals surface area contributed by atoms with Gasteiger partial charge in [0.2, 0.25) is 65.0 Å². The van der Waals surface area contributed by atoms with E-state index in [1.807, 2.05) is 0 Å². The minimum atomic E-state index is -5.21. The Labute approximate surface area is 587 Å². The van der Waals surface area contributed by atoms with Crippen molar-refractivity contribution < 1.29 is 119 Å². The van der Waals surface area contributed by atoms with Crippen molar-refractivity contribution in [3.8, 4) is 0 Å². The summed E-state index contributed by atoms with van der Waals surface area (Å²) in [4.78, 5) is 214. The fourth-order valence-electron chi connectivity index (χ4n) is 12.0. The van der Waals surface area contributed by atoms with Crippen molar-refractivity contribution in [3.63, 3.8) is 0 Å². The van der Waals surface area contributed by atoms with Gasteiger partial charge in [-0.3, -0.25) is 62.9 Å². The number of carboxylic acids is 1. The molecule has 0 radical (unpaired) electrons. The molecule has 0 spiro atoms. The quantitative estimate of drug-likeness (QED) is 0.0153. The van der Waals surface area contributed by atoms with Gasteiger partial charge in [-0.1, -0.05) is 41.5 Å². The van der Waals surface area contributed by atoms with Gasteiger partial charge in [0.25, 0.3) is 5.91 Å². The fraction of sp³-hybridized carbons (Fsp3) is 0.787. The second-order valence-corrected chi connectivity index (χ2v) is 28.0. The number of hydrogen-bond donors (Lipinski definition) is 22. The number of hydrogen-bond acceptors (Lipinski definition) is 23. The zero-order valence-electron chi connectivity index (χ0n) is 59.1. The number of nitrogens with two attached hydrogens (primary N) is 2. The first-order chi connectivity index (χ1) is 47.5. The molecule has 0 bridgehead atoms. The predicted molar refractivity (Wildman–Crippen MR) is 358 cm³/mol. The largest absolute Gasteiger partial charge is 0.567 e. The van der Waals surface area contributed by atoms with Gasteiger partial charge in [-0.25, -0.2) is 4.79 Å². The lowest BCUT2D eigenvalue weighted by Gasteiger charge is -2.34. The lowest BCUT2D eigenvalue weighted by atomic mass is 9.98. The average Bonchev–Trinajstić information content (AvgIpc) is 2.00. The monoisotopic (exact) mass is 1470 g/mol. The second-order valence-electron chi connectivity index (χ2n) is 26.8. The summed E-state index contributed by atoms with van der Waals surface area (Å²) < 4.78 is 5.09. The Morgan fingerprint density at radius 1 is 0.465 bits per heavy atom. The Balaban J connectivity index is 1.89. The van der Waals surface area contributed by atoms with Gasteiger partial charge in [0.1, 0.15) is 84.9 Å². The number of carboxylic acid groups (broad SMARTS) is 1. The first-order valence-electron chi connectivity index (χ1n) is 34.6. The number of aliphatic carboxylic acids is 1. The zero-order valence-corrected chi connectivity index (χ0v) is 60.0. The van der Waals surface area contributed by atoms with Crippen LogP contribution >= 0.6 is 8.17 Å². The molecule has 3 saturated heterocycles. The highest BCUT2D eigenvalue weighted by atomic mass is 31.2. The van der Waals surface area contributed by atoms with Gasteiger partial charge in [0.15, 0.2) is 6.04 Å². The van der Waals surface area contributed by atoms with Crippen LogP contribution in [0.5, 0.6) is 0 Å². The van der Waals surface area contributed by atoms with E-state index in [4.69, 9.17) is 16.0 Å². The summed E-state index contributed by atoms with van der Waals surface area (Å²) in [5, 5.41) is 64.9. The number of amides is 12. The third-order valence-electron chi connectivity index (χ3n) is 17.7. The van der Waals surface area contributed by atoms with E-state index in [1.54, 1.807) is 41.5 Å². The van der Waals surface area contributed by atoms with E-state index >= 15 is 0 Å². The van der Waals surface area contributed by atoms with Gasteiger partial charge < -0.3 is 112 Å². The van der Waals surface area contributed by atoms with Crippen molar-refractivity contribution in [1.82, 2.24) is 67.9 Å². The summed E-state index contributed by atoms with van der Waals surface area (Å²) in [6, 6.07) is -18.3. The van der Waals surface area contributed by atoms with E-state index in [9.17, 15) is 97.4 Å². The molecular weight excluding hydrogens is 1350 g/mol. The van der Waals surface area contributed by atoms with E-state index < -0.39 is 214 Å². The number of unbranched alkanes of at least 4 members (excludes halogenated alkanes) is 2. The Morgan fingerprint density at radius 3 is 1.34 bits per heavy atom. The van der Waals surface area contributed by atoms with Crippen molar-refractivity contribution in [1.29, 1.82) is 0 Å². The van der Waals surface area contributed by atoms with Crippen molar-refractivity contribution in [2.75, 3.05) is 59.1 Å². The van der Waals surface area contributed by atoms with Crippen molar-refractivity contribution >= 4 is 85.0 Å². The molecular formula is C61H115N18O21P+4. The molecule has 0 aromatic heterocycles. The van der Waals surface area contributed by atoms with E-state index in [0.717, 1.165) is 23.1 Å². The van der Waals surface area contributed by atoms with Crippen LogP contribution in [0.1, 0.15) is 138 Å². The van der Waals surface area contributed by atoms with Crippen LogP contribution in [0, 0.1) is 17.8 Å². The second kappa shape index (κ2) is 43.2. The molecule has 0 aromatic carbocycles. The Morgan fingerprint density at radius 2 is 0.851 bits per heavy atom. The highest BCUT2D eigenvalue weighted by molar-refractivity contribution is 7.53. The van der Waals surface area contributed by atoms with Crippen molar-refractivity contribution in [3.05, 3.63) is 0 Å². The number of aliphatic hydroxyl groups is 3. The van der Waals surface area contributed by atoms with Crippen LogP contribution in [0.4, 0.5) is 0 Å². The normalized spacial score (nSPS) is 19.6. The van der Waals surface area contributed by atoms with E-state index in [1.165, 1.54) is 4.90 Å². The molecule has 40 heteroatoms. The molecule has 30 N–H and O–H groups in total. The predicted octanol–water partition coefficient (Wildman–Crippen LogP) is -10.6. The van der Waals surface area contributed by atoms with E-state index in [2.05, 4.69) is 70.4 Å². The molecule has 3 aliphatic rings. The lowest BCUT2D eigenvalue weighted by Crippen LogP contribution is -2.69. The molecule has 3 heterocycles. The van der Waals surface area contributed by atoms with Gasteiger partial charge >= 0.3 is 14.1 Å². The molecule has 14 atom stereocenters. The minimum absolute atomic E-state index is 0.000759. The number of likely N-dealkylation sites (tertiary alicyclic amines) is 3. The van der Waals surface area contributed by atoms with Crippen LogP contribution in [0.2, 0.25) is 0 Å². The van der Waals surface area contributed by atoms with Crippen LogP contribution < -0.4 is 81.8 Å². The standard InChI is InChI=1S/C61H111N18O21P/c1-31(2)44(73-48(83)35(64)16-8-10-22-62)55(90)70-38(28-80)51(86)74-46(33(5)6)56(91)75-45(32(3)4)54(89)69-37(18-12-24-67-61(65)66)50(85)76-47(34(7)100-101(97,98)99)59(94)79-27-15-21-43(79)58(93)78-26-14-20-42(78)52(87)68-36(17-9-11-23-63)49(84)71-39(29-81)57(92)77-25-13-19-41(77)53(88)72-40(30-82)60(95)96/h31-47,61,67,80-82,97-99H,8-30,62-66H2,1-7H3,(H9-,68,69,70,71,72,73,74,75,76,83,84,85,86,87,88,89,90,91,95,96)/p+4/t34-,35-,36-,37-,38-,39-,40-,41-,42-,43-,44-,45-,46-,47-/m0/s1. The Kier molecular flexibility index (Phi) is 37.7. The molecule has 101 heavy (non-hydrogen) atoms. The van der Waals surface area contributed by atoms with Crippen LogP contribution in [-0.4, -0.2) is 277 Å². The maximum Gasteiger partial charge on any atom is 0.567 e. The van der Waals surface area contributed by atoms with Crippen LogP contribution in [0.15, 0.2) is 0 Å². The molecule has 0 saturated carbocycles. The van der Waals surface area contributed by atoms with Gasteiger partial charge in [0, 0.05) is 26.1 Å². The number of nitrogens with one attached hydrogen (secondary N) is 10. The molecule has 0 unspecified atom stereocenters. The number of rotatable bonds is 44. The van der Waals surface area contributed by atoms with Gasteiger partial charge in [-0.05, 0) is 115 Å². The topological polar surface area (TPSA) is 638 Å². The van der Waals surface area contributed by atoms with Gasteiger partial charge in [-0.15, -0.1) is 4.52 Å². The number of aliphatic hydroxyl groups excluding tert-OH is 3. The molecule has 3 fully saturated rings. The third kappa shape index (κ3) is 27.6. The van der Waals surface area contributed by atoms with Gasteiger partial charge in [-0.2, -0.15) is 14.7 Å². The first kappa shape index (κ1) is 88.2. The third-order valence-corrected chi connectivity index (χ3v) is 18.3. The summed E-state index contributed by atoms with van der Waals surface area (Å²) in [6.07, 6.45) is 0.784. The summed E-state index contributed by atoms with van der Waals surface area (Å²) in [5.74, 6) is -13.9. The fourth-order valence-corrected chi connectivity index (χ4v) is 12.6. The first-order valence-corrected chi connectivity index (χ1v) is 36.2. The molecule has 576 valence electrons. The SMILES string of the molecule is CC(C)[C@H](NC(=O)[C@H](CO)NC(=O)[C@@H](NC(=O)[C@@H]([NH3+])CCCC[NH3+])C(C)C)C(=O)N[C@H](C(=O)N[C@@H](CCCNC(N)N)C(=O)N[C@H](C(=O)N1CCC[C@H]1C(=O)N1CCC[C@H]1C(=O)N[C@@H](CCCC[NH3+])C(=O)N[C@@H](CO)C(=O)N1CCC[C@H]1C(=O)N[C@@H](CO)C(=O)O)[C@H](C)O[P+](O)(O)O)C(C)C. The van der Waals surface area contributed by atoms with Crippen molar-refractivity contribution in [2.24, 2.45) is 29.2 Å². The highest BCUT2D eigenvalue weighted by Crippen LogP contribution is 2.47. The summed E-state index contributed by atoms with van der Waals surface area (Å²) in [5.41, 5.74) is 22.9. The number of quaternary nitrogens is 3. The minimum Gasteiger partial charge on any atom is -0.480 e. The summed E-state index contributed by atoms with van der Waals surface area (Å²) in [7, 11) is -5.21. The number of carbonyl (C=O) groups excluding carboxylic acids is 12. The molecule has 3 rings (SSSR count). The van der Waals surface area contributed by atoms with E-state index in [0.29, 0.717) is 45.2 Å². The lowest BCUT2D eigenvalue weighted by molar-refractivity contribution is -0.406. The molecule has 39 nitrogen and oxygen atoms in total. The van der Waals surface area contributed by atoms with Crippen LogP contribution in [0.3, 0.4) is 0 Å². The molecule has 0 aromatic rings. The maximum atomic E-state index is 15.0. The zero-order chi connectivity index (χ0) is 76.2. The average molecular weight is 1470 g/mol. The van der Waals surface area contributed by atoms with Crippen LogP contribution in [-0.2, 0) is 66.9 Å². The maximum absolute atomic E-state index is 15.0. The van der Waals surface area contributed by atoms with E-state index in [-0.39, 0.29) is 77.5 Å². The molecule has 12 amide bonds. The summed E-state index contributed by atoms with van der Waals surface area (Å²) in [6.45, 7) is 8.96. The van der Waals surface area contributed by atoms with Crippen LogP contribution in [0.25, 0.3) is 0 Å². The Bertz CT molecular complexity index is 2790. The van der Waals surface area contributed by atoms with Gasteiger partial charge in [0.05, 0.1) is 32.9 Å². The molecule has 0 aliphatic carbocycles.